The van der Waals surface area contributed by atoms with Gasteiger partial charge in [0, 0.05) is 23.0 Å². The van der Waals surface area contributed by atoms with E-state index >= 15 is 0 Å². The molecule has 5 aromatic rings. The molecule has 31 heavy (non-hydrogen) atoms. The van der Waals surface area contributed by atoms with Crippen LogP contribution in [0.2, 0.25) is 5.02 Å². The van der Waals surface area contributed by atoms with Gasteiger partial charge in [0.2, 0.25) is 9.30 Å². The number of fused-ring (bicyclic) bond motifs is 1. The molecule has 0 fully saturated rings. The van der Waals surface area contributed by atoms with E-state index in [2.05, 4.69) is 15.1 Å². The van der Waals surface area contributed by atoms with Crippen LogP contribution in [0.3, 0.4) is 0 Å². The van der Waals surface area contributed by atoms with E-state index in [0.717, 1.165) is 28.3 Å². The van der Waals surface area contributed by atoms with E-state index in [-0.39, 0.29) is 0 Å². The van der Waals surface area contributed by atoms with Crippen LogP contribution in [-0.4, -0.2) is 23.8 Å². The van der Waals surface area contributed by atoms with Gasteiger partial charge in [0.15, 0.2) is 0 Å². The number of hydrogen-bond donors (Lipinski definition) is 0. The summed E-state index contributed by atoms with van der Waals surface area (Å²) in [5.41, 5.74) is 2.70. The van der Waals surface area contributed by atoms with Gasteiger partial charge < -0.3 is 4.74 Å². The van der Waals surface area contributed by atoms with Crippen LogP contribution < -0.4 is 4.74 Å². The number of benzene rings is 2. The summed E-state index contributed by atoms with van der Waals surface area (Å²) in [6.07, 6.45) is 5.23. The predicted octanol–water partition coefficient (Wildman–Crippen LogP) is 5.61. The summed E-state index contributed by atoms with van der Waals surface area (Å²) in [6, 6.07) is 18.6. The lowest BCUT2D eigenvalue weighted by atomic mass is 10.2. The van der Waals surface area contributed by atoms with Crippen LogP contribution in [-0.2, 0) is 16.6 Å². The topological polar surface area (TPSA) is 69.4 Å². The van der Waals surface area contributed by atoms with E-state index in [0.29, 0.717) is 20.1 Å². The maximum atomic E-state index is 12.6. The molecule has 9 heteroatoms. The van der Waals surface area contributed by atoms with Crippen LogP contribution in [0.15, 0.2) is 83.6 Å². The van der Waals surface area contributed by atoms with Crippen molar-refractivity contribution >= 4 is 38.7 Å². The summed E-state index contributed by atoms with van der Waals surface area (Å²) < 4.78 is 20.7. The number of halogens is 1. The SMILES string of the molecule is O=S(Cc1ccncc1)c1nn2cc(-c3ccc(Oc4ccc(Cl)cc4)cc3)nc2s1. The molecule has 154 valence electrons. The van der Waals surface area contributed by atoms with Crippen molar-refractivity contribution < 1.29 is 8.95 Å². The fraction of sp³-hybridized carbons (Fsp3) is 0.0455. The molecular formula is C22H15ClN4O2S2. The molecule has 0 aliphatic heterocycles. The third kappa shape index (κ3) is 4.51. The summed E-state index contributed by atoms with van der Waals surface area (Å²) in [4.78, 5) is 9.32. The van der Waals surface area contributed by atoms with E-state index in [9.17, 15) is 4.21 Å². The molecule has 0 amide bonds. The summed E-state index contributed by atoms with van der Waals surface area (Å²) in [5, 5.41) is 5.12. The summed E-state index contributed by atoms with van der Waals surface area (Å²) in [5.74, 6) is 1.84. The van der Waals surface area contributed by atoms with Gasteiger partial charge in [-0.25, -0.2) is 9.50 Å². The molecule has 0 spiro atoms. The fourth-order valence-corrected chi connectivity index (χ4v) is 5.25. The maximum Gasteiger partial charge on any atom is 0.213 e. The van der Waals surface area contributed by atoms with Crippen LogP contribution in [0.1, 0.15) is 5.56 Å². The zero-order chi connectivity index (χ0) is 21.2. The molecule has 0 radical (unpaired) electrons. The minimum atomic E-state index is -1.23. The number of ether oxygens (including phenoxy) is 1. The molecule has 1 unspecified atom stereocenters. The molecule has 0 bridgehead atoms. The first-order valence-electron chi connectivity index (χ1n) is 9.31. The Morgan fingerprint density at radius 1 is 0.968 bits per heavy atom. The Hall–Kier alpha value is -3.07. The van der Waals surface area contributed by atoms with Crippen LogP contribution in [0.5, 0.6) is 11.5 Å². The lowest BCUT2D eigenvalue weighted by Crippen LogP contribution is -1.97. The first-order chi connectivity index (χ1) is 15.1. The Kier molecular flexibility index (Phi) is 5.50. The smallest absolute Gasteiger partial charge is 0.213 e. The number of aromatic nitrogens is 4. The molecule has 1 atom stereocenters. The quantitative estimate of drug-likeness (QED) is 0.325. The van der Waals surface area contributed by atoms with Crippen molar-refractivity contribution in [2.75, 3.05) is 0 Å². The first-order valence-corrected chi connectivity index (χ1v) is 11.8. The Labute approximate surface area is 189 Å². The van der Waals surface area contributed by atoms with E-state index in [1.165, 1.54) is 11.3 Å². The second-order valence-electron chi connectivity index (χ2n) is 6.65. The molecule has 2 aromatic carbocycles. The highest BCUT2D eigenvalue weighted by Crippen LogP contribution is 2.28. The Morgan fingerprint density at radius 3 is 2.32 bits per heavy atom. The second-order valence-corrected chi connectivity index (χ2v) is 9.66. The van der Waals surface area contributed by atoms with Crippen LogP contribution >= 0.6 is 22.9 Å². The van der Waals surface area contributed by atoms with E-state index in [1.54, 1.807) is 29.0 Å². The molecule has 0 saturated carbocycles. The molecular weight excluding hydrogens is 452 g/mol. The molecule has 0 N–H and O–H groups in total. The zero-order valence-electron chi connectivity index (χ0n) is 16.0. The molecule has 0 aliphatic carbocycles. The average Bonchev–Trinajstić information content (AvgIpc) is 3.36. The van der Waals surface area contributed by atoms with E-state index < -0.39 is 10.8 Å². The van der Waals surface area contributed by atoms with E-state index in [1.807, 2.05) is 54.7 Å². The van der Waals surface area contributed by atoms with E-state index in [4.69, 9.17) is 16.3 Å². The van der Waals surface area contributed by atoms with Crippen molar-refractivity contribution in [2.24, 2.45) is 0 Å². The van der Waals surface area contributed by atoms with Gasteiger partial charge in [0.25, 0.3) is 0 Å². The van der Waals surface area contributed by atoms with Gasteiger partial charge in [-0.15, -0.1) is 5.10 Å². The van der Waals surface area contributed by atoms with Crippen molar-refractivity contribution in [3.05, 3.63) is 89.8 Å². The van der Waals surface area contributed by atoms with Crippen molar-refractivity contribution in [1.29, 1.82) is 0 Å². The molecule has 5 rings (SSSR count). The highest BCUT2D eigenvalue weighted by Gasteiger charge is 2.15. The van der Waals surface area contributed by atoms with Gasteiger partial charge in [0.1, 0.15) is 11.5 Å². The Morgan fingerprint density at radius 2 is 1.65 bits per heavy atom. The van der Waals surface area contributed by atoms with Crippen molar-refractivity contribution in [3.63, 3.8) is 0 Å². The van der Waals surface area contributed by atoms with Crippen LogP contribution in [0.4, 0.5) is 0 Å². The summed E-state index contributed by atoms with van der Waals surface area (Å²) in [6.45, 7) is 0. The number of rotatable bonds is 6. The second kappa shape index (κ2) is 8.58. The third-order valence-corrected chi connectivity index (χ3v) is 7.31. The van der Waals surface area contributed by atoms with Crippen molar-refractivity contribution in [1.82, 2.24) is 19.6 Å². The normalized spacial score (nSPS) is 12.2. The molecule has 6 nitrogen and oxygen atoms in total. The highest BCUT2D eigenvalue weighted by atomic mass is 35.5. The number of nitrogens with zero attached hydrogens (tertiary/aromatic N) is 4. The van der Waals surface area contributed by atoms with Gasteiger partial charge in [-0.05, 0) is 66.2 Å². The van der Waals surface area contributed by atoms with Crippen LogP contribution in [0.25, 0.3) is 16.2 Å². The first kappa shape index (κ1) is 19.9. The summed E-state index contributed by atoms with van der Waals surface area (Å²) >= 11 is 7.24. The molecule has 3 aromatic heterocycles. The zero-order valence-corrected chi connectivity index (χ0v) is 18.4. The fourth-order valence-electron chi connectivity index (χ4n) is 2.94. The molecule has 0 aliphatic rings. The lowest BCUT2D eigenvalue weighted by molar-refractivity contribution is 0.483. The number of imidazole rings is 1. The maximum absolute atomic E-state index is 12.6. The predicted molar refractivity (Wildman–Crippen MR) is 122 cm³/mol. The van der Waals surface area contributed by atoms with Gasteiger partial charge in [-0.2, -0.15) is 0 Å². The number of hydrogen-bond acceptors (Lipinski definition) is 6. The van der Waals surface area contributed by atoms with Gasteiger partial charge in [-0.1, -0.05) is 22.9 Å². The van der Waals surface area contributed by atoms with Crippen LogP contribution in [0, 0.1) is 0 Å². The molecule has 0 saturated heterocycles. The Balaban J connectivity index is 1.31. The largest absolute Gasteiger partial charge is 0.457 e. The summed E-state index contributed by atoms with van der Waals surface area (Å²) in [7, 11) is -1.23. The Bertz CT molecular complexity index is 1320. The third-order valence-electron chi connectivity index (χ3n) is 4.47. The number of pyridine rings is 1. The molecule has 3 heterocycles. The highest BCUT2D eigenvalue weighted by molar-refractivity contribution is 7.86. The monoisotopic (exact) mass is 466 g/mol. The van der Waals surface area contributed by atoms with Gasteiger partial charge in [-0.3, -0.25) is 9.19 Å². The van der Waals surface area contributed by atoms with Crippen molar-refractivity contribution in [2.45, 2.75) is 10.1 Å². The lowest BCUT2D eigenvalue weighted by Gasteiger charge is -2.06. The van der Waals surface area contributed by atoms with Crippen molar-refractivity contribution in [3.8, 4) is 22.8 Å². The average molecular weight is 467 g/mol. The van der Waals surface area contributed by atoms with Gasteiger partial charge in [0.05, 0.1) is 28.4 Å². The minimum Gasteiger partial charge on any atom is -0.457 e. The van der Waals surface area contributed by atoms with Gasteiger partial charge >= 0.3 is 0 Å². The standard InChI is InChI=1S/C22H15ClN4O2S2/c23-17-3-7-19(8-4-17)29-18-5-1-16(2-6-18)20-13-27-21(25-20)30-22(26-27)31(28)14-15-9-11-24-12-10-15/h1-13H,14H2. The minimum absolute atomic E-state index is 0.404.